The minimum absolute atomic E-state index is 0.0139. The molecule has 4 heteroatoms. The number of amides is 1. The molecule has 0 aliphatic carbocycles. The Hall–Kier alpha value is -0.610. The molecule has 13 heavy (non-hydrogen) atoms. The van der Waals surface area contributed by atoms with Gasteiger partial charge in [-0.15, -0.1) is 0 Å². The highest BCUT2D eigenvalue weighted by Gasteiger charge is 2.29. The summed E-state index contributed by atoms with van der Waals surface area (Å²) in [7, 11) is 0. The van der Waals surface area contributed by atoms with Crippen LogP contribution in [0.4, 0.5) is 0 Å². The van der Waals surface area contributed by atoms with Gasteiger partial charge in [0.1, 0.15) is 0 Å². The van der Waals surface area contributed by atoms with Crippen LogP contribution in [0.25, 0.3) is 0 Å². The smallest absolute Gasteiger partial charge is 0.222 e. The maximum atomic E-state index is 11.3. The van der Waals surface area contributed by atoms with Gasteiger partial charge in [-0.05, 0) is 0 Å². The molecule has 0 saturated carbocycles. The van der Waals surface area contributed by atoms with Gasteiger partial charge in [-0.1, -0.05) is 13.8 Å². The molecule has 2 unspecified atom stereocenters. The van der Waals surface area contributed by atoms with Gasteiger partial charge in [-0.3, -0.25) is 4.79 Å². The zero-order chi connectivity index (χ0) is 9.84. The molecule has 1 heterocycles. The average Bonchev–Trinajstić information content (AvgIpc) is 2.51. The van der Waals surface area contributed by atoms with E-state index in [1.807, 2.05) is 13.8 Å². The Balaban J connectivity index is 2.39. The Morgan fingerprint density at radius 3 is 2.85 bits per heavy atom. The van der Waals surface area contributed by atoms with E-state index in [0.717, 1.165) is 0 Å². The van der Waals surface area contributed by atoms with E-state index in [-0.39, 0.29) is 30.4 Å². The lowest BCUT2D eigenvalue weighted by atomic mass is 10.0. The van der Waals surface area contributed by atoms with Gasteiger partial charge in [-0.25, -0.2) is 0 Å². The van der Waals surface area contributed by atoms with Crippen molar-refractivity contribution in [2.24, 2.45) is 11.8 Å². The molecule has 0 radical (unpaired) electrons. The van der Waals surface area contributed by atoms with Crippen LogP contribution in [0.3, 0.4) is 0 Å². The number of nitrogens with one attached hydrogen (secondary N) is 1. The molecule has 0 bridgehead atoms. The zero-order valence-electron chi connectivity index (χ0n) is 8.12. The molecule has 0 aromatic rings. The van der Waals surface area contributed by atoms with E-state index < -0.39 is 0 Å². The second-order valence-electron chi connectivity index (χ2n) is 3.75. The minimum atomic E-state index is -0.0140. The third-order valence-corrected chi connectivity index (χ3v) is 2.28. The summed E-state index contributed by atoms with van der Waals surface area (Å²) in [4.78, 5) is 11.3. The predicted molar refractivity (Wildman–Crippen MR) is 48.2 cm³/mol. The van der Waals surface area contributed by atoms with Crippen LogP contribution in [0.15, 0.2) is 0 Å². The molecule has 2 atom stereocenters. The van der Waals surface area contributed by atoms with E-state index in [2.05, 4.69) is 5.32 Å². The van der Waals surface area contributed by atoms with Crippen molar-refractivity contribution in [2.45, 2.75) is 19.9 Å². The topological polar surface area (TPSA) is 58.6 Å². The first-order valence-corrected chi connectivity index (χ1v) is 4.64. The molecule has 1 saturated heterocycles. The first-order valence-electron chi connectivity index (χ1n) is 4.64. The largest absolute Gasteiger partial charge is 0.396 e. The van der Waals surface area contributed by atoms with Crippen LogP contribution in [-0.4, -0.2) is 36.9 Å². The summed E-state index contributed by atoms with van der Waals surface area (Å²) >= 11 is 0. The molecule has 1 aliphatic heterocycles. The van der Waals surface area contributed by atoms with Gasteiger partial charge in [0, 0.05) is 11.8 Å². The molecule has 1 amide bonds. The summed E-state index contributed by atoms with van der Waals surface area (Å²) in [5.41, 5.74) is 0. The van der Waals surface area contributed by atoms with Crippen LogP contribution in [0.2, 0.25) is 0 Å². The summed E-state index contributed by atoms with van der Waals surface area (Å²) in [6.07, 6.45) is 0. The Bertz CT molecular complexity index is 182. The number of rotatable bonds is 3. The van der Waals surface area contributed by atoms with Gasteiger partial charge in [0.05, 0.1) is 25.9 Å². The zero-order valence-corrected chi connectivity index (χ0v) is 8.12. The summed E-state index contributed by atoms with van der Waals surface area (Å²) < 4.78 is 5.17. The van der Waals surface area contributed by atoms with E-state index in [1.54, 1.807) is 0 Å². The third-order valence-electron chi connectivity index (χ3n) is 2.28. The Labute approximate surface area is 78.3 Å². The van der Waals surface area contributed by atoms with E-state index in [0.29, 0.717) is 13.2 Å². The van der Waals surface area contributed by atoms with Gasteiger partial charge in [0.25, 0.3) is 0 Å². The van der Waals surface area contributed by atoms with Crippen LogP contribution < -0.4 is 5.32 Å². The first kappa shape index (κ1) is 10.5. The molecule has 1 rings (SSSR count). The fourth-order valence-corrected chi connectivity index (χ4v) is 1.29. The van der Waals surface area contributed by atoms with E-state index in [4.69, 9.17) is 9.84 Å². The maximum Gasteiger partial charge on any atom is 0.222 e. The van der Waals surface area contributed by atoms with Gasteiger partial charge >= 0.3 is 0 Å². The van der Waals surface area contributed by atoms with Crippen molar-refractivity contribution >= 4 is 5.91 Å². The second kappa shape index (κ2) is 4.58. The van der Waals surface area contributed by atoms with Crippen molar-refractivity contribution in [1.29, 1.82) is 0 Å². The Kier molecular flexibility index (Phi) is 3.69. The molecule has 0 aromatic carbocycles. The van der Waals surface area contributed by atoms with Crippen LogP contribution in [0.5, 0.6) is 0 Å². The van der Waals surface area contributed by atoms with Gasteiger partial charge in [-0.2, -0.15) is 0 Å². The van der Waals surface area contributed by atoms with Crippen LogP contribution in [0.1, 0.15) is 13.8 Å². The average molecular weight is 187 g/mol. The summed E-state index contributed by atoms with van der Waals surface area (Å²) in [5, 5.41) is 11.8. The van der Waals surface area contributed by atoms with E-state index in [9.17, 15) is 4.79 Å². The fraction of sp³-hybridized carbons (Fsp3) is 0.889. The van der Waals surface area contributed by atoms with Crippen molar-refractivity contribution in [2.75, 3.05) is 19.8 Å². The molecule has 4 nitrogen and oxygen atoms in total. The molecular weight excluding hydrogens is 170 g/mol. The molecule has 1 aliphatic rings. The number of aliphatic hydroxyl groups excluding tert-OH is 1. The highest BCUT2D eigenvalue weighted by Crippen LogP contribution is 2.13. The molecule has 0 spiro atoms. The van der Waals surface area contributed by atoms with Crippen molar-refractivity contribution < 1.29 is 14.6 Å². The number of carbonyl (C=O) groups excluding carboxylic acids is 1. The van der Waals surface area contributed by atoms with Crippen molar-refractivity contribution in [3.63, 3.8) is 0 Å². The fourth-order valence-electron chi connectivity index (χ4n) is 1.29. The number of hydrogen-bond donors (Lipinski definition) is 2. The standard InChI is InChI=1S/C9H17NO3/c1-6(2)9(12)10-8-5-13-4-7(8)3-11/h6-8,11H,3-5H2,1-2H3,(H,10,12). The number of aliphatic hydroxyl groups is 1. The molecule has 0 aromatic heterocycles. The van der Waals surface area contributed by atoms with Gasteiger partial charge < -0.3 is 15.2 Å². The second-order valence-corrected chi connectivity index (χ2v) is 3.75. The maximum absolute atomic E-state index is 11.3. The molecular formula is C9H17NO3. The van der Waals surface area contributed by atoms with Gasteiger partial charge in [0.15, 0.2) is 0 Å². The van der Waals surface area contributed by atoms with Crippen molar-refractivity contribution in [1.82, 2.24) is 5.32 Å². The summed E-state index contributed by atoms with van der Waals surface area (Å²) in [5.74, 6) is 0.0663. The van der Waals surface area contributed by atoms with Crippen molar-refractivity contribution in [3.05, 3.63) is 0 Å². The lowest BCUT2D eigenvalue weighted by Gasteiger charge is -2.18. The molecule has 2 N–H and O–H groups in total. The van der Waals surface area contributed by atoms with Crippen LogP contribution in [0, 0.1) is 11.8 Å². The predicted octanol–water partition coefficient (Wildman–Crippen LogP) is -0.234. The monoisotopic (exact) mass is 187 g/mol. The number of hydrogen-bond acceptors (Lipinski definition) is 3. The lowest BCUT2D eigenvalue weighted by molar-refractivity contribution is -0.125. The SMILES string of the molecule is CC(C)C(=O)NC1COCC1CO. The van der Waals surface area contributed by atoms with E-state index in [1.165, 1.54) is 0 Å². The summed E-state index contributed by atoms with van der Waals surface area (Å²) in [6, 6.07) is -0.0140. The minimum Gasteiger partial charge on any atom is -0.396 e. The summed E-state index contributed by atoms with van der Waals surface area (Å²) in [6.45, 7) is 4.82. The Morgan fingerprint density at radius 1 is 1.62 bits per heavy atom. The third kappa shape index (κ3) is 2.67. The van der Waals surface area contributed by atoms with Crippen LogP contribution >= 0.6 is 0 Å². The Morgan fingerprint density at radius 2 is 2.31 bits per heavy atom. The van der Waals surface area contributed by atoms with Crippen LogP contribution in [-0.2, 0) is 9.53 Å². The molecule has 76 valence electrons. The van der Waals surface area contributed by atoms with Crippen molar-refractivity contribution in [3.8, 4) is 0 Å². The molecule has 1 fully saturated rings. The number of ether oxygens (including phenoxy) is 1. The normalized spacial score (nSPS) is 28.0. The number of carbonyl (C=O) groups is 1. The quantitative estimate of drug-likeness (QED) is 0.641. The highest BCUT2D eigenvalue weighted by atomic mass is 16.5. The highest BCUT2D eigenvalue weighted by molar-refractivity contribution is 5.78. The first-order chi connectivity index (χ1) is 6.15. The van der Waals surface area contributed by atoms with Gasteiger partial charge in [0.2, 0.25) is 5.91 Å². The van der Waals surface area contributed by atoms with E-state index >= 15 is 0 Å². The lowest BCUT2D eigenvalue weighted by Crippen LogP contribution is -2.42.